The fourth-order valence-corrected chi connectivity index (χ4v) is 3.39. The molecule has 0 bridgehead atoms. The molecule has 2 aliphatic rings. The van der Waals surface area contributed by atoms with Crippen molar-refractivity contribution in [2.24, 2.45) is 10.2 Å². The van der Waals surface area contributed by atoms with E-state index >= 15 is 0 Å². The first-order valence-electron chi connectivity index (χ1n) is 8.00. The van der Waals surface area contributed by atoms with Crippen molar-refractivity contribution in [1.29, 1.82) is 0 Å². The lowest BCUT2D eigenvalue weighted by Crippen LogP contribution is -2.31. The van der Waals surface area contributed by atoms with Crippen LogP contribution in [0.5, 0.6) is 0 Å². The highest BCUT2D eigenvalue weighted by Crippen LogP contribution is 2.45. The summed E-state index contributed by atoms with van der Waals surface area (Å²) in [6.07, 6.45) is -1.13. The molecule has 2 N–H and O–H groups in total. The topological polar surface area (TPSA) is 195 Å². The van der Waals surface area contributed by atoms with E-state index in [-0.39, 0.29) is 23.8 Å². The summed E-state index contributed by atoms with van der Waals surface area (Å²) in [6.45, 7) is 3.59. The fraction of sp³-hybridized carbons (Fsp3) is 0.615. The largest absolute Gasteiger partial charge is 0.382 e. The van der Waals surface area contributed by atoms with E-state index in [1.54, 1.807) is 13.8 Å². The van der Waals surface area contributed by atoms with E-state index < -0.39 is 30.3 Å². The maximum absolute atomic E-state index is 8.91. The van der Waals surface area contributed by atoms with Crippen LogP contribution in [0.1, 0.15) is 20.1 Å². The van der Waals surface area contributed by atoms with Crippen molar-refractivity contribution in [3.63, 3.8) is 0 Å². The van der Waals surface area contributed by atoms with Gasteiger partial charge in [-0.1, -0.05) is 5.11 Å². The smallest absolute Gasteiger partial charge is 0.201 e. The number of ether oxygens (including phenoxy) is 3. The third kappa shape index (κ3) is 2.77. The molecule has 2 aliphatic heterocycles. The Labute approximate surface area is 151 Å². The second kappa shape index (κ2) is 6.23. The standard InChI is InChI=1S/C13H15N11O3/c1-13(2)26-7-5(3-19-22-15)25-11(8(7)27-13)24-10-6(9(14)17-4-18-10)20-12(24)21-23-16/h4-5,7-8,11H,3H2,1-2H3,(H2,14,17,18)/t5-,7-,8-,11-/m1/s1. The second-order valence-electron chi connectivity index (χ2n) is 6.45. The van der Waals surface area contributed by atoms with Crippen LogP contribution < -0.4 is 5.73 Å². The lowest BCUT2D eigenvalue weighted by Gasteiger charge is -2.24. The minimum atomic E-state index is -0.866. The van der Waals surface area contributed by atoms with E-state index in [2.05, 4.69) is 35.0 Å². The number of hydrogen-bond acceptors (Lipinski definition) is 9. The number of aromatic nitrogens is 4. The van der Waals surface area contributed by atoms with Crippen molar-refractivity contribution in [1.82, 2.24) is 19.5 Å². The zero-order valence-corrected chi connectivity index (χ0v) is 14.4. The molecule has 14 nitrogen and oxygen atoms in total. The molecule has 0 unspecified atom stereocenters. The highest BCUT2D eigenvalue weighted by Gasteiger charge is 2.56. The maximum atomic E-state index is 8.91. The van der Waals surface area contributed by atoms with Gasteiger partial charge in [0.15, 0.2) is 29.0 Å². The average Bonchev–Trinajstić information content (AvgIpc) is 3.23. The van der Waals surface area contributed by atoms with E-state index in [9.17, 15) is 0 Å². The number of anilines is 1. The molecule has 0 amide bonds. The molecule has 27 heavy (non-hydrogen) atoms. The first-order chi connectivity index (χ1) is 12.9. The summed E-state index contributed by atoms with van der Waals surface area (Å²) in [4.78, 5) is 17.9. The molecular weight excluding hydrogens is 358 g/mol. The van der Waals surface area contributed by atoms with Gasteiger partial charge in [-0.15, -0.1) is 0 Å². The van der Waals surface area contributed by atoms with Gasteiger partial charge in [-0.3, -0.25) is 4.57 Å². The summed E-state index contributed by atoms with van der Waals surface area (Å²) in [5, 5.41) is 7.20. The van der Waals surface area contributed by atoms with Gasteiger partial charge in [-0.05, 0) is 30.0 Å². The van der Waals surface area contributed by atoms with Gasteiger partial charge in [0, 0.05) is 9.82 Å². The number of hydrogen-bond donors (Lipinski definition) is 1. The number of nitrogens with two attached hydrogens (primary N) is 1. The van der Waals surface area contributed by atoms with Crippen LogP contribution in [-0.4, -0.2) is 50.2 Å². The number of imidazole rings is 1. The first-order valence-corrected chi connectivity index (χ1v) is 8.00. The molecule has 4 heterocycles. The van der Waals surface area contributed by atoms with E-state index in [1.807, 2.05) is 0 Å². The highest BCUT2D eigenvalue weighted by molar-refractivity contribution is 5.83. The Balaban J connectivity index is 1.85. The van der Waals surface area contributed by atoms with Gasteiger partial charge in [-0.2, -0.15) is 0 Å². The molecule has 4 atom stereocenters. The summed E-state index contributed by atoms with van der Waals surface area (Å²) in [6, 6.07) is 0. The third-order valence-corrected chi connectivity index (χ3v) is 4.33. The normalized spacial score (nSPS) is 28.5. The fourth-order valence-electron chi connectivity index (χ4n) is 3.39. The molecule has 0 aliphatic carbocycles. The highest BCUT2D eigenvalue weighted by atomic mass is 16.8. The minimum Gasteiger partial charge on any atom is -0.382 e. The first kappa shape index (κ1) is 17.3. The number of azide groups is 2. The molecule has 2 saturated heterocycles. The SMILES string of the molecule is CC1(C)O[C@@H]2[C@H](O1)[C@@H](CN=[N+]=[N-])O[C@H]2n1c(N=[N+]=[N-])nc2c(N)ncnc21. The monoisotopic (exact) mass is 373 g/mol. The number of nitrogen functional groups attached to an aromatic ring is 1. The molecule has 2 fully saturated rings. The van der Waals surface area contributed by atoms with Crippen LogP contribution in [0.4, 0.5) is 11.8 Å². The van der Waals surface area contributed by atoms with Crippen molar-refractivity contribution in [3.05, 3.63) is 27.2 Å². The van der Waals surface area contributed by atoms with Gasteiger partial charge in [0.05, 0.1) is 12.6 Å². The molecular formula is C13H15N11O3. The minimum absolute atomic E-state index is 0.00110. The van der Waals surface area contributed by atoms with E-state index in [1.165, 1.54) is 10.9 Å². The molecule has 4 rings (SSSR count). The van der Waals surface area contributed by atoms with Crippen LogP contribution in [0, 0.1) is 0 Å². The van der Waals surface area contributed by atoms with Crippen LogP contribution in [0.2, 0.25) is 0 Å². The zero-order chi connectivity index (χ0) is 19.2. The van der Waals surface area contributed by atoms with E-state index in [0.29, 0.717) is 5.65 Å². The van der Waals surface area contributed by atoms with Crippen LogP contribution in [0.15, 0.2) is 16.6 Å². The maximum Gasteiger partial charge on any atom is 0.201 e. The Morgan fingerprint density at radius 2 is 2.04 bits per heavy atom. The molecule has 0 saturated carbocycles. The number of nitrogens with zero attached hydrogens (tertiary/aromatic N) is 10. The molecule has 0 aromatic carbocycles. The molecule has 2 aromatic rings. The Morgan fingerprint density at radius 1 is 1.26 bits per heavy atom. The quantitative estimate of drug-likeness (QED) is 0.480. The molecule has 0 radical (unpaired) electrons. The van der Waals surface area contributed by atoms with Gasteiger partial charge in [0.2, 0.25) is 5.95 Å². The predicted molar refractivity (Wildman–Crippen MR) is 90.3 cm³/mol. The zero-order valence-electron chi connectivity index (χ0n) is 14.4. The van der Waals surface area contributed by atoms with Gasteiger partial charge >= 0.3 is 0 Å². The number of rotatable bonds is 4. The molecule has 2 aromatic heterocycles. The van der Waals surface area contributed by atoms with Gasteiger partial charge < -0.3 is 19.9 Å². The summed E-state index contributed by atoms with van der Waals surface area (Å²) in [7, 11) is 0. The molecule has 0 spiro atoms. The van der Waals surface area contributed by atoms with E-state index in [0.717, 1.165) is 0 Å². The third-order valence-electron chi connectivity index (χ3n) is 4.33. The van der Waals surface area contributed by atoms with Crippen molar-refractivity contribution < 1.29 is 14.2 Å². The summed E-state index contributed by atoms with van der Waals surface area (Å²) in [5.41, 5.74) is 24.0. The Morgan fingerprint density at radius 3 is 2.78 bits per heavy atom. The van der Waals surface area contributed by atoms with Gasteiger partial charge in [-0.25, -0.2) is 15.0 Å². The Bertz CT molecular complexity index is 991. The van der Waals surface area contributed by atoms with Gasteiger partial charge in [0.1, 0.15) is 18.5 Å². The van der Waals surface area contributed by atoms with Crippen LogP contribution in [0.3, 0.4) is 0 Å². The van der Waals surface area contributed by atoms with Crippen molar-refractivity contribution >= 4 is 22.9 Å². The van der Waals surface area contributed by atoms with Crippen molar-refractivity contribution in [2.75, 3.05) is 12.3 Å². The van der Waals surface area contributed by atoms with Crippen molar-refractivity contribution in [3.8, 4) is 0 Å². The van der Waals surface area contributed by atoms with Crippen LogP contribution in [-0.2, 0) is 14.2 Å². The van der Waals surface area contributed by atoms with E-state index in [4.69, 9.17) is 31.0 Å². The number of fused-ring (bicyclic) bond motifs is 2. The second-order valence-corrected chi connectivity index (χ2v) is 6.45. The van der Waals surface area contributed by atoms with Crippen molar-refractivity contribution in [2.45, 2.75) is 44.2 Å². The molecule has 140 valence electrons. The Hall–Kier alpha value is -3.15. The summed E-state index contributed by atoms with van der Waals surface area (Å²) in [5.74, 6) is -0.729. The predicted octanol–water partition coefficient (Wildman–Crippen LogP) is 2.08. The van der Waals surface area contributed by atoms with Crippen LogP contribution >= 0.6 is 0 Å². The lowest BCUT2D eigenvalue weighted by molar-refractivity contribution is -0.194. The average molecular weight is 373 g/mol. The summed E-state index contributed by atoms with van der Waals surface area (Å²) < 4.78 is 19.4. The lowest BCUT2D eigenvalue weighted by atomic mass is 10.1. The van der Waals surface area contributed by atoms with Crippen LogP contribution in [0.25, 0.3) is 32.0 Å². The van der Waals surface area contributed by atoms with Gasteiger partial charge in [0.25, 0.3) is 0 Å². The Kier molecular flexibility index (Phi) is 3.98. The molecule has 14 heteroatoms. The summed E-state index contributed by atoms with van der Waals surface area (Å²) >= 11 is 0.